The second kappa shape index (κ2) is 24.5. The van der Waals surface area contributed by atoms with Crippen LogP contribution in [0.5, 0.6) is 0 Å². The van der Waals surface area contributed by atoms with Crippen molar-refractivity contribution >= 4 is 17.9 Å². The van der Waals surface area contributed by atoms with Crippen LogP contribution in [-0.4, -0.2) is 271 Å². The number of ether oxygens (including phenoxy) is 10. The maximum atomic E-state index is 15.8. The van der Waals surface area contributed by atoms with Gasteiger partial charge in [-0.3, -0.25) is 9.59 Å². The van der Waals surface area contributed by atoms with E-state index >= 15 is 4.79 Å². The van der Waals surface area contributed by atoms with Crippen LogP contribution < -0.4 is 0 Å². The molecule has 0 bridgehead atoms. The van der Waals surface area contributed by atoms with Gasteiger partial charge in [-0.05, 0) is 125 Å². The Balaban J connectivity index is 0.964. The van der Waals surface area contributed by atoms with Crippen molar-refractivity contribution in [3.8, 4) is 0 Å². The Labute approximate surface area is 514 Å². The standard InChI is InChI=1S/C60H94O29/c1-20-30(63)34(67)39(72)48(80-20)84-42-33(66)23(4)83-52(45(42)87-50-41(74)36(69)32(65)22(3)82-50)89-54(79)60-16-15-55(5,6)17-25(60)24-11-12-27-56(7)18-26(61)46(59(10,53(77)78)28(56)13-14-57(27,8)58(24,9)19-29(60)62)88-51-44(38(71)37(70)43(85-51)47(75)76)86-49-40(73)35(68)31(64)21(2)81-49/h11,20-23,25-46,48-52,61-74H,12-19H2,1-10H3,(H,75,76)(H,77,78)/t20-,21-,22-,23+,25-,26-,27+,28+,29+,30-,31-,32-,33-,34+,35+,36+,37-,38-,39+,40+,41+,42-,43-,44+,45+,46-,48-,49-,50-,51-,52-,56+,57+,58+,59-,60+/m0/s1. The molecule has 9 fully saturated rings. The van der Waals surface area contributed by atoms with Gasteiger partial charge in [-0.25, -0.2) is 4.79 Å². The van der Waals surface area contributed by atoms with Crippen LogP contribution >= 0.6 is 0 Å². The molecule has 36 atom stereocenters. The van der Waals surface area contributed by atoms with Crippen LogP contribution in [0.1, 0.15) is 121 Å². The van der Waals surface area contributed by atoms with Crippen LogP contribution in [0.15, 0.2) is 11.6 Å². The molecule has 29 nitrogen and oxygen atoms in total. The largest absolute Gasteiger partial charge is 0.481 e. The van der Waals surface area contributed by atoms with E-state index in [0.29, 0.717) is 25.7 Å². The topological polar surface area (TPSA) is 467 Å². The lowest BCUT2D eigenvalue weighted by molar-refractivity contribution is -0.384. The summed E-state index contributed by atoms with van der Waals surface area (Å²) >= 11 is 0. The van der Waals surface area contributed by atoms with E-state index in [2.05, 4.69) is 26.8 Å². The SMILES string of the molecule is C[C@@H]1O[C@@H](O[C@H]2[C@H](O[C@H]3[C@@H](O)C[C@@]4(C)[C@@H](CC[C@]5(C)[C@@H]4CC=C4[C@@H]6CC(C)(C)CC[C@]6(C(=O)O[C@@H]6O[C@H](C)[C@H](O)[C@H](O[C@@H]7O[C@@H](C)[C@H](O)[C@@H](O)[C@H]7O)[C@H]6O[C@@H]6O[C@@H](C)[C@H](O)[C@@H](O)[C@H]6O)[C@H](O)C[C@]45C)[C@]3(C)C(=O)O)O[C@H](C(=O)O)[C@@H](O)[C@@H]2O)[C@H](O)[C@H](O)[C@H]1O. The lowest BCUT2D eigenvalue weighted by Crippen LogP contribution is -2.71. The van der Waals surface area contributed by atoms with E-state index in [0.717, 1.165) is 5.57 Å². The molecule has 10 rings (SSSR count). The van der Waals surface area contributed by atoms with Gasteiger partial charge < -0.3 is 129 Å². The molecule has 0 aromatic rings. The minimum Gasteiger partial charge on any atom is -0.481 e. The molecule has 89 heavy (non-hydrogen) atoms. The van der Waals surface area contributed by atoms with Crippen molar-refractivity contribution < 1.29 is 143 Å². The van der Waals surface area contributed by atoms with Crippen LogP contribution in [0.2, 0.25) is 0 Å². The molecule has 508 valence electrons. The number of carboxylic acid groups (broad SMARTS) is 2. The number of esters is 1. The Morgan fingerprint density at radius 3 is 1.51 bits per heavy atom. The number of aliphatic carboxylic acids is 2. The number of fused-ring (bicyclic) bond motifs is 7. The monoisotopic (exact) mass is 1280 g/mol. The summed E-state index contributed by atoms with van der Waals surface area (Å²) < 4.78 is 60.3. The Bertz CT molecular complexity index is 2630. The van der Waals surface area contributed by atoms with Crippen molar-refractivity contribution in [3.05, 3.63) is 11.6 Å². The highest BCUT2D eigenvalue weighted by molar-refractivity contribution is 5.80. The van der Waals surface area contributed by atoms with Crippen molar-refractivity contribution in [2.24, 2.45) is 50.2 Å². The first kappa shape index (κ1) is 69.1. The highest BCUT2D eigenvalue weighted by Crippen LogP contribution is 2.76. The van der Waals surface area contributed by atoms with Crippen molar-refractivity contribution in [2.75, 3.05) is 0 Å². The van der Waals surface area contributed by atoms with E-state index in [1.54, 1.807) is 0 Å². The molecule has 29 heteroatoms. The number of hydrogen-bond donors (Lipinski definition) is 16. The van der Waals surface area contributed by atoms with Crippen molar-refractivity contribution in [3.63, 3.8) is 0 Å². The molecule has 0 amide bonds. The third-order valence-corrected chi connectivity index (χ3v) is 23.5. The fourth-order valence-electron chi connectivity index (χ4n) is 17.9. The number of aliphatic hydroxyl groups is 14. The van der Waals surface area contributed by atoms with E-state index in [-0.39, 0.29) is 25.7 Å². The van der Waals surface area contributed by atoms with Gasteiger partial charge in [-0.1, -0.05) is 46.3 Å². The molecule has 5 heterocycles. The van der Waals surface area contributed by atoms with E-state index in [1.807, 2.05) is 13.8 Å². The summed E-state index contributed by atoms with van der Waals surface area (Å²) in [4.78, 5) is 42.4. The Kier molecular flexibility index (Phi) is 19.0. The highest BCUT2D eigenvalue weighted by Gasteiger charge is 2.75. The molecule has 0 aromatic carbocycles. The quantitative estimate of drug-likeness (QED) is 0.0526. The number of carbonyl (C=O) groups excluding carboxylic acids is 1. The summed E-state index contributed by atoms with van der Waals surface area (Å²) in [5.41, 5.74) is -6.06. The lowest BCUT2D eigenvalue weighted by Gasteiger charge is -2.71. The normalized spacial score (nSPS) is 55.7. The van der Waals surface area contributed by atoms with Gasteiger partial charge in [-0.2, -0.15) is 0 Å². The van der Waals surface area contributed by atoms with Crippen LogP contribution in [0.25, 0.3) is 0 Å². The molecule has 0 radical (unpaired) electrons. The van der Waals surface area contributed by atoms with Crippen LogP contribution in [0.3, 0.4) is 0 Å². The van der Waals surface area contributed by atoms with Crippen LogP contribution in [0.4, 0.5) is 0 Å². The summed E-state index contributed by atoms with van der Waals surface area (Å²) in [5, 5.41) is 178. The van der Waals surface area contributed by atoms with Crippen molar-refractivity contribution in [1.29, 1.82) is 0 Å². The van der Waals surface area contributed by atoms with Crippen LogP contribution in [0, 0.1) is 50.2 Å². The fraction of sp³-hybridized carbons (Fsp3) is 0.917. The summed E-state index contributed by atoms with van der Waals surface area (Å²) in [7, 11) is 0. The van der Waals surface area contributed by atoms with Crippen molar-refractivity contribution in [1.82, 2.24) is 0 Å². The second-order valence-corrected chi connectivity index (χ2v) is 29.1. The molecule has 4 saturated carbocycles. The van der Waals surface area contributed by atoms with Gasteiger partial charge in [0, 0.05) is 0 Å². The number of aliphatic hydroxyl groups excluding tert-OH is 14. The minimum absolute atomic E-state index is 0.0214. The number of carbonyl (C=O) groups is 3. The smallest absolute Gasteiger partial charge is 0.335 e. The van der Waals surface area contributed by atoms with Gasteiger partial charge >= 0.3 is 17.9 Å². The first-order chi connectivity index (χ1) is 41.3. The zero-order valence-corrected chi connectivity index (χ0v) is 51.6. The molecule has 16 N–H and O–H groups in total. The molecule has 0 spiro atoms. The molecule has 5 aliphatic heterocycles. The first-order valence-electron chi connectivity index (χ1n) is 31.1. The zero-order chi connectivity index (χ0) is 65.6. The Hall–Kier alpha value is -2.77. The van der Waals surface area contributed by atoms with Gasteiger partial charge in [0.25, 0.3) is 0 Å². The average Bonchev–Trinajstić information content (AvgIpc) is 0.682. The number of rotatable bonds is 12. The van der Waals surface area contributed by atoms with E-state index < -0.39 is 240 Å². The van der Waals surface area contributed by atoms with Crippen molar-refractivity contribution in [2.45, 2.75) is 292 Å². The van der Waals surface area contributed by atoms with Gasteiger partial charge in [0.05, 0.1) is 42.0 Å². The van der Waals surface area contributed by atoms with E-state index in [1.165, 1.54) is 34.6 Å². The van der Waals surface area contributed by atoms with Gasteiger partial charge in [0.15, 0.2) is 37.4 Å². The van der Waals surface area contributed by atoms with Gasteiger partial charge in [0.1, 0.15) is 97.0 Å². The zero-order valence-electron chi connectivity index (χ0n) is 51.6. The summed E-state index contributed by atoms with van der Waals surface area (Å²) in [6, 6.07) is 0. The molecule has 10 aliphatic rings. The molecular weight excluding hydrogens is 1180 g/mol. The first-order valence-corrected chi connectivity index (χ1v) is 31.1. The molecular formula is C60H94O29. The molecule has 0 aromatic heterocycles. The summed E-state index contributed by atoms with van der Waals surface area (Å²) in [5.74, 6) is -6.03. The lowest BCUT2D eigenvalue weighted by atomic mass is 9.33. The van der Waals surface area contributed by atoms with Gasteiger partial charge in [-0.15, -0.1) is 0 Å². The number of hydrogen-bond acceptors (Lipinski definition) is 27. The van der Waals surface area contributed by atoms with Crippen LogP contribution in [-0.2, 0) is 61.8 Å². The maximum absolute atomic E-state index is 15.8. The predicted octanol–water partition coefficient (Wildman–Crippen LogP) is -3.00. The minimum atomic E-state index is -2.18. The van der Waals surface area contributed by atoms with E-state index in [4.69, 9.17) is 47.4 Å². The fourth-order valence-corrected chi connectivity index (χ4v) is 17.9. The highest BCUT2D eigenvalue weighted by atomic mass is 16.8. The summed E-state index contributed by atoms with van der Waals surface area (Å²) in [6.45, 7) is 17.1. The number of carboxylic acids is 2. The molecule has 0 unspecified atom stereocenters. The third-order valence-electron chi connectivity index (χ3n) is 23.5. The third kappa shape index (κ3) is 11.0. The van der Waals surface area contributed by atoms with E-state index in [9.17, 15) is 91.3 Å². The predicted molar refractivity (Wildman–Crippen MR) is 295 cm³/mol. The molecule has 5 saturated heterocycles. The summed E-state index contributed by atoms with van der Waals surface area (Å²) in [6.07, 6.45) is -44.6. The Morgan fingerprint density at radius 2 is 0.989 bits per heavy atom. The number of allylic oxidation sites excluding steroid dienone is 2. The maximum Gasteiger partial charge on any atom is 0.335 e. The average molecular weight is 1280 g/mol. The van der Waals surface area contributed by atoms with Gasteiger partial charge in [0.2, 0.25) is 6.29 Å². The molecule has 5 aliphatic carbocycles. The second-order valence-electron chi connectivity index (χ2n) is 29.1. The Morgan fingerprint density at radius 1 is 0.494 bits per heavy atom.